The summed E-state index contributed by atoms with van der Waals surface area (Å²) < 4.78 is 66.5. The van der Waals surface area contributed by atoms with E-state index in [2.05, 4.69) is 4.74 Å². The highest BCUT2D eigenvalue weighted by atomic mass is 32.2. The van der Waals surface area contributed by atoms with Gasteiger partial charge in [0.2, 0.25) is 10.0 Å². The van der Waals surface area contributed by atoms with Crippen molar-refractivity contribution in [3.63, 3.8) is 0 Å². The molecule has 146 valence electrons. The van der Waals surface area contributed by atoms with Crippen molar-refractivity contribution in [3.8, 4) is 17.2 Å². The Labute approximate surface area is 156 Å². The minimum absolute atomic E-state index is 0.0429. The van der Waals surface area contributed by atoms with Crippen molar-refractivity contribution in [1.82, 2.24) is 4.31 Å². The Bertz CT molecular complexity index is 933. The van der Waals surface area contributed by atoms with Crippen LogP contribution in [0.2, 0.25) is 0 Å². The van der Waals surface area contributed by atoms with Crippen LogP contribution in [-0.2, 0) is 23.0 Å². The molecular formula is C18H19F2NO5S. The summed E-state index contributed by atoms with van der Waals surface area (Å²) in [6, 6.07) is 9.10. The van der Waals surface area contributed by atoms with Crippen molar-refractivity contribution >= 4 is 10.0 Å². The largest absolute Gasteiger partial charge is 0.493 e. The van der Waals surface area contributed by atoms with Crippen molar-refractivity contribution in [1.29, 1.82) is 0 Å². The van der Waals surface area contributed by atoms with Crippen LogP contribution in [0.15, 0.2) is 41.3 Å². The van der Waals surface area contributed by atoms with E-state index in [1.165, 1.54) is 42.7 Å². The Morgan fingerprint density at radius 3 is 2.67 bits per heavy atom. The molecule has 0 N–H and O–H groups in total. The lowest BCUT2D eigenvalue weighted by Gasteiger charge is -2.19. The van der Waals surface area contributed by atoms with Crippen molar-refractivity contribution in [2.24, 2.45) is 0 Å². The molecule has 0 saturated carbocycles. The van der Waals surface area contributed by atoms with Gasteiger partial charge < -0.3 is 14.2 Å². The van der Waals surface area contributed by atoms with Gasteiger partial charge in [-0.25, -0.2) is 8.42 Å². The molecule has 0 unspecified atom stereocenters. The van der Waals surface area contributed by atoms with Gasteiger partial charge in [0.1, 0.15) is 5.75 Å². The molecule has 0 bridgehead atoms. The number of rotatable bonds is 7. The van der Waals surface area contributed by atoms with Gasteiger partial charge in [0.05, 0.1) is 18.6 Å². The molecule has 2 aromatic carbocycles. The number of hydrogen-bond acceptors (Lipinski definition) is 5. The van der Waals surface area contributed by atoms with Gasteiger partial charge in [0.15, 0.2) is 11.5 Å². The molecule has 27 heavy (non-hydrogen) atoms. The second kappa shape index (κ2) is 7.69. The second-order valence-electron chi connectivity index (χ2n) is 5.99. The first-order chi connectivity index (χ1) is 12.8. The lowest BCUT2D eigenvalue weighted by molar-refractivity contribution is -0.0512. The van der Waals surface area contributed by atoms with E-state index in [4.69, 9.17) is 9.47 Å². The Balaban J connectivity index is 1.80. The molecular weight excluding hydrogens is 380 g/mol. The summed E-state index contributed by atoms with van der Waals surface area (Å²) in [5.41, 5.74) is 1.43. The van der Waals surface area contributed by atoms with E-state index < -0.39 is 16.6 Å². The average Bonchev–Trinajstić information content (AvgIpc) is 3.10. The van der Waals surface area contributed by atoms with E-state index in [0.29, 0.717) is 24.3 Å². The maximum absolute atomic E-state index is 12.8. The molecule has 1 heterocycles. The van der Waals surface area contributed by atoms with Crippen LogP contribution >= 0.6 is 0 Å². The molecule has 0 amide bonds. The fourth-order valence-corrected chi connectivity index (χ4v) is 4.06. The Morgan fingerprint density at radius 2 is 1.96 bits per heavy atom. The van der Waals surface area contributed by atoms with Crippen LogP contribution in [0.3, 0.4) is 0 Å². The first-order valence-corrected chi connectivity index (χ1v) is 9.59. The van der Waals surface area contributed by atoms with Crippen molar-refractivity contribution in [2.75, 3.05) is 20.8 Å². The highest BCUT2D eigenvalue weighted by Crippen LogP contribution is 2.31. The Morgan fingerprint density at radius 1 is 1.19 bits per heavy atom. The molecule has 0 radical (unpaired) electrons. The number of methoxy groups -OCH3 is 1. The first-order valence-electron chi connectivity index (χ1n) is 8.15. The van der Waals surface area contributed by atoms with Crippen LogP contribution < -0.4 is 14.2 Å². The smallest absolute Gasteiger partial charge is 0.387 e. The third-order valence-electron chi connectivity index (χ3n) is 4.22. The fourth-order valence-electron chi connectivity index (χ4n) is 2.85. The van der Waals surface area contributed by atoms with Crippen LogP contribution in [-0.4, -0.2) is 40.1 Å². The number of halogens is 2. The minimum Gasteiger partial charge on any atom is -0.493 e. The number of fused-ring (bicyclic) bond motifs is 1. The standard InChI is InChI=1S/C18H19F2NO5S/c1-21(11-12-3-5-16(26-18(19)20)17(9-12)24-2)27(22,23)14-4-6-15-13(10-14)7-8-25-15/h3-6,9-10,18H,7-8,11H2,1-2H3. The van der Waals surface area contributed by atoms with E-state index >= 15 is 0 Å². The predicted octanol–water partition coefficient (Wildman–Crippen LogP) is 3.05. The highest BCUT2D eigenvalue weighted by molar-refractivity contribution is 7.89. The number of alkyl halides is 2. The van der Waals surface area contributed by atoms with Crippen LogP contribution in [0.5, 0.6) is 17.2 Å². The summed E-state index contributed by atoms with van der Waals surface area (Å²) in [6.45, 7) is -2.39. The summed E-state index contributed by atoms with van der Waals surface area (Å²) >= 11 is 0. The van der Waals surface area contributed by atoms with Crippen molar-refractivity contribution in [3.05, 3.63) is 47.5 Å². The molecule has 1 aliphatic heterocycles. The number of benzene rings is 2. The van der Waals surface area contributed by atoms with Crippen LogP contribution in [0, 0.1) is 0 Å². The predicted molar refractivity (Wildman–Crippen MR) is 93.9 cm³/mol. The summed E-state index contributed by atoms with van der Waals surface area (Å²) in [4.78, 5) is 0.180. The molecule has 0 saturated heterocycles. The molecule has 2 aromatic rings. The zero-order valence-electron chi connectivity index (χ0n) is 14.8. The molecule has 0 aliphatic carbocycles. The summed E-state index contributed by atoms with van der Waals surface area (Å²) in [5, 5.41) is 0. The average molecular weight is 399 g/mol. The van der Waals surface area contributed by atoms with E-state index in [1.54, 1.807) is 12.1 Å². The van der Waals surface area contributed by atoms with E-state index in [0.717, 1.165) is 5.56 Å². The number of hydrogen-bond donors (Lipinski definition) is 0. The maximum Gasteiger partial charge on any atom is 0.387 e. The Kier molecular flexibility index (Phi) is 5.52. The normalized spacial score (nSPS) is 13.6. The van der Waals surface area contributed by atoms with Crippen molar-refractivity contribution in [2.45, 2.75) is 24.5 Å². The van der Waals surface area contributed by atoms with Gasteiger partial charge in [-0.05, 0) is 41.5 Å². The number of sulfonamides is 1. The zero-order chi connectivity index (χ0) is 19.6. The fraction of sp³-hybridized carbons (Fsp3) is 0.333. The van der Waals surface area contributed by atoms with Crippen LogP contribution in [0.25, 0.3) is 0 Å². The third-order valence-corrected chi connectivity index (χ3v) is 6.02. The molecule has 0 fully saturated rings. The third kappa shape index (κ3) is 4.14. The molecule has 9 heteroatoms. The Hall–Kier alpha value is -2.39. The van der Waals surface area contributed by atoms with E-state index in [9.17, 15) is 17.2 Å². The van der Waals surface area contributed by atoms with Gasteiger partial charge in [0, 0.05) is 20.0 Å². The van der Waals surface area contributed by atoms with E-state index in [1.807, 2.05) is 0 Å². The van der Waals surface area contributed by atoms with Gasteiger partial charge in [-0.1, -0.05) is 6.07 Å². The topological polar surface area (TPSA) is 65.1 Å². The van der Waals surface area contributed by atoms with Gasteiger partial charge >= 0.3 is 6.61 Å². The lowest BCUT2D eigenvalue weighted by atomic mass is 10.2. The summed E-state index contributed by atoms with van der Waals surface area (Å²) in [5.74, 6) is 0.699. The second-order valence-corrected chi connectivity index (χ2v) is 8.04. The number of ether oxygens (including phenoxy) is 3. The van der Waals surface area contributed by atoms with Crippen molar-refractivity contribution < 1.29 is 31.4 Å². The van der Waals surface area contributed by atoms with E-state index in [-0.39, 0.29) is 22.9 Å². The SMILES string of the molecule is COc1cc(CN(C)S(=O)(=O)c2ccc3c(c2)CCO3)ccc1OC(F)F. The monoisotopic (exact) mass is 399 g/mol. The van der Waals surface area contributed by atoms with Crippen LogP contribution in [0.4, 0.5) is 8.78 Å². The maximum atomic E-state index is 12.8. The highest BCUT2D eigenvalue weighted by Gasteiger charge is 2.24. The van der Waals surface area contributed by atoms with Gasteiger partial charge in [-0.3, -0.25) is 0 Å². The van der Waals surface area contributed by atoms with Crippen LogP contribution in [0.1, 0.15) is 11.1 Å². The first kappa shape index (κ1) is 19.4. The van der Waals surface area contributed by atoms with Gasteiger partial charge in [0.25, 0.3) is 0 Å². The molecule has 0 aromatic heterocycles. The van der Waals surface area contributed by atoms with Gasteiger partial charge in [-0.15, -0.1) is 0 Å². The summed E-state index contributed by atoms with van der Waals surface area (Å²) in [6.07, 6.45) is 0.672. The minimum atomic E-state index is -3.72. The molecule has 1 aliphatic rings. The number of nitrogens with zero attached hydrogens (tertiary/aromatic N) is 1. The lowest BCUT2D eigenvalue weighted by Crippen LogP contribution is -2.26. The molecule has 3 rings (SSSR count). The summed E-state index contributed by atoms with van der Waals surface area (Å²) in [7, 11) is -0.944. The zero-order valence-corrected chi connectivity index (χ0v) is 15.6. The van der Waals surface area contributed by atoms with Gasteiger partial charge in [-0.2, -0.15) is 13.1 Å². The molecule has 0 atom stereocenters. The molecule has 6 nitrogen and oxygen atoms in total. The quantitative estimate of drug-likeness (QED) is 0.716. The molecule has 0 spiro atoms.